The van der Waals surface area contributed by atoms with Crippen molar-refractivity contribution in [3.8, 4) is 0 Å². The van der Waals surface area contributed by atoms with Gasteiger partial charge in [-0.15, -0.1) is 0 Å². The molecule has 6 nitrogen and oxygen atoms in total. The van der Waals surface area contributed by atoms with E-state index in [2.05, 4.69) is 15.3 Å². The van der Waals surface area contributed by atoms with Gasteiger partial charge in [-0.1, -0.05) is 29.5 Å². The Kier molecular flexibility index (Phi) is 3.34. The fraction of sp³-hybridized carbons (Fsp3) is 0.176. The highest BCUT2D eigenvalue weighted by Crippen LogP contribution is 2.25. The van der Waals surface area contributed by atoms with E-state index >= 15 is 0 Å². The maximum atomic E-state index is 13.2. The maximum absolute atomic E-state index is 13.2. The summed E-state index contributed by atoms with van der Waals surface area (Å²) in [5, 5.41) is 10.2. The van der Waals surface area contributed by atoms with Crippen molar-refractivity contribution in [3.63, 3.8) is 0 Å². The second-order valence-electron chi connectivity index (χ2n) is 5.59. The number of aromatic nitrogens is 2. The van der Waals surface area contributed by atoms with Crippen molar-refractivity contribution in [1.82, 2.24) is 9.66 Å². The van der Waals surface area contributed by atoms with Crippen LogP contribution in [0.4, 0.5) is 4.39 Å². The lowest BCUT2D eigenvalue weighted by Gasteiger charge is -2.25. The van der Waals surface area contributed by atoms with E-state index in [1.165, 1.54) is 21.9 Å². The van der Waals surface area contributed by atoms with E-state index in [1.54, 1.807) is 37.3 Å². The molecule has 3 aromatic rings. The van der Waals surface area contributed by atoms with Gasteiger partial charge in [0.15, 0.2) is 0 Å². The first-order valence-corrected chi connectivity index (χ1v) is 7.56. The van der Waals surface area contributed by atoms with Crippen LogP contribution in [0.1, 0.15) is 17.4 Å². The summed E-state index contributed by atoms with van der Waals surface area (Å²) in [6.45, 7) is 2.15. The Labute approximate surface area is 136 Å². The van der Waals surface area contributed by atoms with Gasteiger partial charge in [0.1, 0.15) is 17.7 Å². The van der Waals surface area contributed by atoms with Crippen LogP contribution in [0.25, 0.3) is 10.9 Å². The minimum absolute atomic E-state index is 0.203. The molecule has 120 valence electrons. The molecule has 0 amide bonds. The maximum Gasteiger partial charge on any atom is 0.281 e. The van der Waals surface area contributed by atoms with Crippen molar-refractivity contribution in [2.45, 2.75) is 13.0 Å². The number of para-hydroxylation sites is 1. The van der Waals surface area contributed by atoms with Crippen molar-refractivity contribution >= 4 is 10.9 Å². The first kappa shape index (κ1) is 14.5. The SMILES string of the molecule is Cc1nc2ccccc2c(=O)n1N1N=NCC1c1ccc(F)cc1. The zero-order valence-corrected chi connectivity index (χ0v) is 12.9. The molecule has 0 spiro atoms. The number of fused-ring (bicyclic) bond motifs is 1. The summed E-state index contributed by atoms with van der Waals surface area (Å²) >= 11 is 0. The first-order valence-electron chi connectivity index (χ1n) is 7.56. The van der Waals surface area contributed by atoms with Crippen LogP contribution in [0.5, 0.6) is 0 Å². The number of hydrogen-bond donors (Lipinski definition) is 0. The van der Waals surface area contributed by atoms with Crippen LogP contribution in [0.3, 0.4) is 0 Å². The zero-order valence-electron chi connectivity index (χ0n) is 12.9. The molecule has 1 aliphatic heterocycles. The molecule has 1 aliphatic rings. The predicted octanol–water partition coefficient (Wildman–Crippen LogP) is 2.90. The molecule has 1 unspecified atom stereocenters. The number of rotatable bonds is 2. The third-order valence-corrected chi connectivity index (χ3v) is 4.06. The van der Waals surface area contributed by atoms with Crippen LogP contribution in [-0.4, -0.2) is 16.2 Å². The molecule has 0 N–H and O–H groups in total. The van der Waals surface area contributed by atoms with Gasteiger partial charge in [-0.3, -0.25) is 4.79 Å². The summed E-state index contributed by atoms with van der Waals surface area (Å²) in [7, 11) is 0. The number of benzene rings is 2. The van der Waals surface area contributed by atoms with Crippen LogP contribution in [0.2, 0.25) is 0 Å². The predicted molar refractivity (Wildman–Crippen MR) is 87.8 cm³/mol. The fourth-order valence-corrected chi connectivity index (χ4v) is 2.89. The van der Waals surface area contributed by atoms with Gasteiger partial charge in [0, 0.05) is 0 Å². The molecule has 0 saturated heterocycles. The second kappa shape index (κ2) is 5.52. The second-order valence-corrected chi connectivity index (χ2v) is 5.59. The van der Waals surface area contributed by atoms with Crippen molar-refractivity contribution in [2.24, 2.45) is 10.3 Å². The van der Waals surface area contributed by atoms with Crippen molar-refractivity contribution in [3.05, 3.63) is 76.1 Å². The van der Waals surface area contributed by atoms with Crippen LogP contribution in [0, 0.1) is 12.7 Å². The Bertz CT molecular complexity index is 996. The first-order chi connectivity index (χ1) is 11.6. The smallest absolute Gasteiger partial charge is 0.267 e. The normalized spacial score (nSPS) is 16.9. The van der Waals surface area contributed by atoms with E-state index in [1.807, 2.05) is 6.07 Å². The average molecular weight is 323 g/mol. The topological polar surface area (TPSA) is 62.9 Å². The molecule has 0 radical (unpaired) electrons. The summed E-state index contributed by atoms with van der Waals surface area (Å²) in [5.74, 6) is 0.213. The highest BCUT2D eigenvalue weighted by molar-refractivity contribution is 5.77. The molecule has 4 rings (SSSR count). The Morgan fingerprint density at radius 2 is 1.88 bits per heavy atom. The molecule has 1 atom stereocenters. The van der Waals surface area contributed by atoms with Gasteiger partial charge in [-0.2, -0.15) is 14.9 Å². The Morgan fingerprint density at radius 3 is 2.67 bits per heavy atom. The van der Waals surface area contributed by atoms with Gasteiger partial charge in [0.25, 0.3) is 5.56 Å². The Morgan fingerprint density at radius 1 is 1.12 bits per heavy atom. The number of aryl methyl sites for hydroxylation is 1. The van der Waals surface area contributed by atoms with Crippen molar-refractivity contribution in [2.75, 3.05) is 11.7 Å². The van der Waals surface area contributed by atoms with E-state index < -0.39 is 0 Å². The zero-order chi connectivity index (χ0) is 16.7. The number of halogens is 1. The quantitative estimate of drug-likeness (QED) is 0.728. The van der Waals surface area contributed by atoms with Crippen LogP contribution >= 0.6 is 0 Å². The van der Waals surface area contributed by atoms with Crippen molar-refractivity contribution < 1.29 is 4.39 Å². The summed E-state index contributed by atoms with van der Waals surface area (Å²) in [6.07, 6.45) is 0. The third kappa shape index (κ3) is 2.25. The van der Waals surface area contributed by atoms with Gasteiger partial charge in [-0.05, 0) is 36.8 Å². The van der Waals surface area contributed by atoms with Crippen LogP contribution in [-0.2, 0) is 0 Å². The largest absolute Gasteiger partial charge is 0.281 e. The molecule has 24 heavy (non-hydrogen) atoms. The highest BCUT2D eigenvalue weighted by atomic mass is 19.1. The van der Waals surface area contributed by atoms with Gasteiger partial charge in [-0.25, -0.2) is 9.37 Å². The minimum Gasteiger partial charge on any atom is -0.267 e. The van der Waals surface area contributed by atoms with Crippen LogP contribution in [0.15, 0.2) is 63.7 Å². The molecule has 0 saturated carbocycles. The van der Waals surface area contributed by atoms with E-state index in [9.17, 15) is 9.18 Å². The molecule has 1 aromatic heterocycles. The van der Waals surface area contributed by atoms with Crippen LogP contribution < -0.4 is 10.7 Å². The molecular formula is C17H14FN5O. The summed E-state index contributed by atoms with van der Waals surface area (Å²) < 4.78 is 14.6. The van der Waals surface area contributed by atoms with E-state index in [4.69, 9.17) is 0 Å². The van der Waals surface area contributed by atoms with E-state index in [0.29, 0.717) is 23.3 Å². The minimum atomic E-state index is -0.308. The van der Waals surface area contributed by atoms with Gasteiger partial charge in [0.2, 0.25) is 0 Å². The number of hydrogen-bond acceptors (Lipinski definition) is 5. The fourth-order valence-electron chi connectivity index (χ4n) is 2.89. The molecular weight excluding hydrogens is 309 g/mol. The highest BCUT2D eigenvalue weighted by Gasteiger charge is 2.28. The summed E-state index contributed by atoms with van der Waals surface area (Å²) in [6, 6.07) is 13.0. The lowest BCUT2D eigenvalue weighted by molar-refractivity contribution is 0.518. The molecule has 2 heterocycles. The average Bonchev–Trinajstić information content (AvgIpc) is 3.05. The Balaban J connectivity index is 1.85. The third-order valence-electron chi connectivity index (χ3n) is 4.06. The van der Waals surface area contributed by atoms with Gasteiger partial charge < -0.3 is 0 Å². The lowest BCUT2D eigenvalue weighted by Crippen LogP contribution is -2.41. The number of nitrogens with zero attached hydrogens (tertiary/aromatic N) is 5. The monoisotopic (exact) mass is 323 g/mol. The Hall–Kier alpha value is -3.09. The van der Waals surface area contributed by atoms with E-state index in [-0.39, 0.29) is 17.4 Å². The molecule has 7 heteroatoms. The standard InChI is InChI=1S/C17H14FN5O/c1-11-20-15-5-3-2-4-14(15)17(24)22(11)23-16(10-19-21-23)12-6-8-13(18)9-7-12/h2-9,16H,10H2,1H3. The van der Waals surface area contributed by atoms with Gasteiger partial charge >= 0.3 is 0 Å². The molecule has 0 fully saturated rings. The summed E-state index contributed by atoms with van der Waals surface area (Å²) in [5.41, 5.74) is 1.28. The van der Waals surface area contributed by atoms with E-state index in [0.717, 1.165) is 5.56 Å². The van der Waals surface area contributed by atoms with Gasteiger partial charge in [0.05, 0.1) is 17.4 Å². The lowest BCUT2D eigenvalue weighted by atomic mass is 10.1. The van der Waals surface area contributed by atoms with Crippen molar-refractivity contribution in [1.29, 1.82) is 0 Å². The summed E-state index contributed by atoms with van der Waals surface area (Å²) in [4.78, 5) is 17.4. The molecule has 0 aliphatic carbocycles. The molecule has 2 aromatic carbocycles. The molecule has 0 bridgehead atoms.